The maximum atomic E-state index is 5.37. The van der Waals surface area contributed by atoms with Crippen LogP contribution in [0.4, 0.5) is 0 Å². The van der Waals surface area contributed by atoms with Crippen molar-refractivity contribution in [1.82, 2.24) is 20.5 Å². The van der Waals surface area contributed by atoms with Crippen molar-refractivity contribution < 1.29 is 4.42 Å². The van der Waals surface area contributed by atoms with Gasteiger partial charge < -0.3 is 9.73 Å². The molecule has 3 aromatic heterocycles. The SMILES string of the molecule is CC(Cc1ccco1)NCc1cn[nH]c1-c1cccnc1. The zero-order chi connectivity index (χ0) is 14.5. The average Bonchev–Trinajstić information content (AvgIpc) is 3.17. The van der Waals surface area contributed by atoms with Crippen LogP contribution in [0, 0.1) is 0 Å². The molecule has 0 aliphatic rings. The van der Waals surface area contributed by atoms with Gasteiger partial charge in [0.2, 0.25) is 0 Å². The largest absolute Gasteiger partial charge is 0.469 e. The van der Waals surface area contributed by atoms with E-state index in [9.17, 15) is 0 Å². The van der Waals surface area contributed by atoms with Crippen LogP contribution in [0.2, 0.25) is 0 Å². The molecule has 3 rings (SSSR count). The van der Waals surface area contributed by atoms with Gasteiger partial charge in [-0.05, 0) is 31.2 Å². The number of nitrogens with one attached hydrogen (secondary N) is 2. The van der Waals surface area contributed by atoms with Crippen LogP contribution >= 0.6 is 0 Å². The Morgan fingerprint density at radius 2 is 2.24 bits per heavy atom. The third-order valence-electron chi connectivity index (χ3n) is 3.40. The highest BCUT2D eigenvalue weighted by atomic mass is 16.3. The maximum absolute atomic E-state index is 5.37. The molecule has 5 nitrogen and oxygen atoms in total. The molecule has 1 unspecified atom stereocenters. The van der Waals surface area contributed by atoms with Crippen LogP contribution in [0.5, 0.6) is 0 Å². The summed E-state index contributed by atoms with van der Waals surface area (Å²) in [6, 6.07) is 8.19. The number of pyridine rings is 1. The summed E-state index contributed by atoms with van der Waals surface area (Å²) in [6.07, 6.45) is 8.03. The third kappa shape index (κ3) is 3.38. The standard InChI is InChI=1S/C16H18N4O/c1-12(8-15-5-3-7-21-15)18-10-14-11-19-20-16(14)13-4-2-6-17-9-13/h2-7,9,11-12,18H,8,10H2,1H3,(H,19,20). The quantitative estimate of drug-likeness (QED) is 0.729. The van der Waals surface area contributed by atoms with Crippen molar-refractivity contribution in [2.75, 3.05) is 0 Å². The highest BCUT2D eigenvalue weighted by molar-refractivity contribution is 5.61. The first-order valence-electron chi connectivity index (χ1n) is 7.01. The summed E-state index contributed by atoms with van der Waals surface area (Å²) in [6.45, 7) is 2.90. The highest BCUT2D eigenvalue weighted by Gasteiger charge is 2.10. The van der Waals surface area contributed by atoms with Gasteiger partial charge in [-0.2, -0.15) is 5.10 Å². The van der Waals surface area contributed by atoms with Gasteiger partial charge in [0.15, 0.2) is 0 Å². The van der Waals surface area contributed by atoms with E-state index in [1.54, 1.807) is 12.5 Å². The average molecular weight is 282 g/mol. The van der Waals surface area contributed by atoms with Crippen molar-refractivity contribution in [2.45, 2.75) is 25.9 Å². The molecule has 0 radical (unpaired) electrons. The monoisotopic (exact) mass is 282 g/mol. The Morgan fingerprint density at radius 3 is 3.00 bits per heavy atom. The van der Waals surface area contributed by atoms with Crippen LogP contribution < -0.4 is 5.32 Å². The predicted octanol–water partition coefficient (Wildman–Crippen LogP) is 2.79. The van der Waals surface area contributed by atoms with E-state index < -0.39 is 0 Å². The summed E-state index contributed by atoms with van der Waals surface area (Å²) >= 11 is 0. The van der Waals surface area contributed by atoms with E-state index in [1.165, 1.54) is 0 Å². The van der Waals surface area contributed by atoms with Gasteiger partial charge in [-0.15, -0.1) is 0 Å². The van der Waals surface area contributed by atoms with E-state index in [-0.39, 0.29) is 0 Å². The molecule has 108 valence electrons. The molecule has 0 aliphatic heterocycles. The fourth-order valence-electron chi connectivity index (χ4n) is 2.29. The van der Waals surface area contributed by atoms with E-state index in [0.29, 0.717) is 6.04 Å². The maximum Gasteiger partial charge on any atom is 0.105 e. The molecule has 0 amide bonds. The molecule has 0 saturated heterocycles. The number of aromatic nitrogens is 3. The van der Waals surface area contributed by atoms with Gasteiger partial charge in [0.05, 0.1) is 18.2 Å². The second-order valence-electron chi connectivity index (χ2n) is 5.08. The lowest BCUT2D eigenvalue weighted by atomic mass is 10.1. The molecule has 0 saturated carbocycles. The lowest BCUT2D eigenvalue weighted by Gasteiger charge is -2.12. The van der Waals surface area contributed by atoms with Crippen LogP contribution in [0.15, 0.2) is 53.5 Å². The number of hydrogen-bond donors (Lipinski definition) is 2. The number of aromatic amines is 1. The molecule has 0 spiro atoms. The van der Waals surface area contributed by atoms with Crippen molar-refractivity contribution >= 4 is 0 Å². The molecule has 0 aromatic carbocycles. The van der Waals surface area contributed by atoms with Crippen molar-refractivity contribution in [3.8, 4) is 11.3 Å². The van der Waals surface area contributed by atoms with Gasteiger partial charge in [0.25, 0.3) is 0 Å². The number of furan rings is 1. The smallest absolute Gasteiger partial charge is 0.105 e. The number of nitrogens with zero attached hydrogens (tertiary/aromatic N) is 2. The van der Waals surface area contributed by atoms with Crippen molar-refractivity contribution in [3.63, 3.8) is 0 Å². The van der Waals surface area contributed by atoms with Gasteiger partial charge in [0.1, 0.15) is 5.76 Å². The summed E-state index contributed by atoms with van der Waals surface area (Å²) in [5, 5.41) is 10.7. The van der Waals surface area contributed by atoms with Gasteiger partial charge >= 0.3 is 0 Å². The molecule has 0 fully saturated rings. The van der Waals surface area contributed by atoms with E-state index in [0.717, 1.165) is 35.5 Å². The molecule has 0 aliphatic carbocycles. The van der Waals surface area contributed by atoms with Crippen LogP contribution in [0.1, 0.15) is 18.2 Å². The summed E-state index contributed by atoms with van der Waals surface area (Å²) in [5.74, 6) is 0.995. The Morgan fingerprint density at radius 1 is 1.29 bits per heavy atom. The van der Waals surface area contributed by atoms with Crippen LogP contribution in [0.3, 0.4) is 0 Å². The van der Waals surface area contributed by atoms with E-state index in [1.807, 2.05) is 36.7 Å². The van der Waals surface area contributed by atoms with Crippen LogP contribution in [-0.4, -0.2) is 21.2 Å². The minimum atomic E-state index is 0.327. The molecular formula is C16H18N4O. The highest BCUT2D eigenvalue weighted by Crippen LogP contribution is 2.19. The lowest BCUT2D eigenvalue weighted by Crippen LogP contribution is -2.27. The molecule has 3 aromatic rings. The number of hydrogen-bond acceptors (Lipinski definition) is 4. The first-order chi connectivity index (χ1) is 10.3. The summed E-state index contributed by atoms with van der Waals surface area (Å²) in [7, 11) is 0. The second-order valence-corrected chi connectivity index (χ2v) is 5.08. The molecule has 5 heteroatoms. The first-order valence-corrected chi connectivity index (χ1v) is 7.01. The molecule has 0 bridgehead atoms. The van der Waals surface area contributed by atoms with E-state index >= 15 is 0 Å². The lowest BCUT2D eigenvalue weighted by molar-refractivity contribution is 0.456. The number of H-pyrrole nitrogens is 1. The van der Waals surface area contributed by atoms with Gasteiger partial charge in [-0.1, -0.05) is 0 Å². The Labute approximate surface area is 123 Å². The number of rotatable bonds is 6. The summed E-state index contributed by atoms with van der Waals surface area (Å²) in [4.78, 5) is 4.15. The molecule has 2 N–H and O–H groups in total. The van der Waals surface area contributed by atoms with Crippen molar-refractivity contribution in [2.24, 2.45) is 0 Å². The van der Waals surface area contributed by atoms with Crippen molar-refractivity contribution in [1.29, 1.82) is 0 Å². The van der Waals surface area contributed by atoms with Crippen LogP contribution in [0.25, 0.3) is 11.3 Å². The fraction of sp³-hybridized carbons (Fsp3) is 0.250. The molecule has 3 heterocycles. The van der Waals surface area contributed by atoms with Gasteiger partial charge in [-0.25, -0.2) is 0 Å². The third-order valence-corrected chi connectivity index (χ3v) is 3.40. The van der Waals surface area contributed by atoms with E-state index in [2.05, 4.69) is 27.4 Å². The zero-order valence-corrected chi connectivity index (χ0v) is 11.9. The zero-order valence-electron chi connectivity index (χ0n) is 11.9. The normalized spacial score (nSPS) is 12.4. The minimum Gasteiger partial charge on any atom is -0.469 e. The van der Waals surface area contributed by atoms with Gasteiger partial charge in [-0.3, -0.25) is 10.1 Å². The Bertz CT molecular complexity index is 661. The molecule has 21 heavy (non-hydrogen) atoms. The first kappa shape index (κ1) is 13.6. The predicted molar refractivity (Wildman–Crippen MR) is 80.5 cm³/mol. The molecular weight excluding hydrogens is 264 g/mol. The summed E-state index contributed by atoms with van der Waals surface area (Å²) in [5.41, 5.74) is 3.19. The van der Waals surface area contributed by atoms with Gasteiger partial charge in [0, 0.05) is 42.5 Å². The van der Waals surface area contributed by atoms with E-state index in [4.69, 9.17) is 4.42 Å². The fourth-order valence-corrected chi connectivity index (χ4v) is 2.29. The Balaban J connectivity index is 1.62. The summed E-state index contributed by atoms with van der Waals surface area (Å²) < 4.78 is 5.37. The molecule has 1 atom stereocenters. The Hall–Kier alpha value is -2.40. The second kappa shape index (κ2) is 6.37. The van der Waals surface area contributed by atoms with Crippen molar-refractivity contribution in [3.05, 3.63) is 60.4 Å². The Kier molecular flexibility index (Phi) is 4.12. The van der Waals surface area contributed by atoms with Crippen LogP contribution in [-0.2, 0) is 13.0 Å². The topological polar surface area (TPSA) is 66.7 Å². The minimum absolute atomic E-state index is 0.327.